The second-order valence-electron chi connectivity index (χ2n) is 14.1. The summed E-state index contributed by atoms with van der Waals surface area (Å²) in [6.07, 6.45) is 8.60. The summed E-state index contributed by atoms with van der Waals surface area (Å²) in [5, 5.41) is 4.49. The molecule has 1 unspecified atom stereocenters. The fourth-order valence-electron chi connectivity index (χ4n) is 8.09. The molecule has 0 radical (unpaired) electrons. The molecular formula is C50H37N3O. The minimum absolute atomic E-state index is 0.190. The van der Waals surface area contributed by atoms with Crippen molar-refractivity contribution in [2.75, 3.05) is 7.05 Å². The predicted octanol–water partition coefficient (Wildman–Crippen LogP) is 12.6. The second kappa shape index (κ2) is 13.3. The van der Waals surface area contributed by atoms with Crippen LogP contribution in [0.3, 0.4) is 0 Å². The number of fused-ring (bicyclic) bond motifs is 5. The minimum Gasteiger partial charge on any atom is -0.455 e. The minimum atomic E-state index is -0.190. The quantitative estimate of drug-likeness (QED) is 0.174. The second-order valence-corrected chi connectivity index (χ2v) is 14.1. The number of nitrogens with zero attached hydrogens (tertiary/aromatic N) is 3. The van der Waals surface area contributed by atoms with Gasteiger partial charge in [-0.2, -0.15) is 0 Å². The zero-order valence-corrected chi connectivity index (χ0v) is 30.0. The maximum Gasteiger partial charge on any atom is 0.159 e. The van der Waals surface area contributed by atoms with Crippen LogP contribution in [-0.4, -0.2) is 23.6 Å². The molecule has 4 heteroatoms. The third-order valence-corrected chi connectivity index (χ3v) is 10.8. The molecule has 54 heavy (non-hydrogen) atoms. The lowest BCUT2D eigenvalue weighted by Gasteiger charge is -2.32. The van der Waals surface area contributed by atoms with Crippen LogP contribution in [-0.2, 0) is 0 Å². The molecule has 1 aliphatic carbocycles. The van der Waals surface area contributed by atoms with Crippen molar-refractivity contribution in [3.05, 3.63) is 198 Å². The molecule has 0 saturated heterocycles. The van der Waals surface area contributed by atoms with Crippen molar-refractivity contribution < 1.29 is 4.42 Å². The summed E-state index contributed by atoms with van der Waals surface area (Å²) in [6.45, 7) is 0. The molecule has 10 rings (SSSR count). The molecule has 258 valence electrons. The van der Waals surface area contributed by atoms with Crippen LogP contribution in [0.5, 0.6) is 0 Å². The maximum absolute atomic E-state index is 6.74. The number of allylic oxidation sites excluding steroid dienone is 4. The zero-order chi connectivity index (χ0) is 36.0. The lowest BCUT2D eigenvalue weighted by atomic mass is 9.90. The van der Waals surface area contributed by atoms with E-state index in [0.29, 0.717) is 0 Å². The van der Waals surface area contributed by atoms with E-state index in [0.717, 1.165) is 85.0 Å². The average molecular weight is 696 g/mol. The molecule has 0 fully saturated rings. The summed E-state index contributed by atoms with van der Waals surface area (Å²) < 4.78 is 6.74. The molecule has 2 heterocycles. The molecule has 7 aromatic carbocycles. The van der Waals surface area contributed by atoms with Gasteiger partial charge in [0.05, 0.1) is 0 Å². The van der Waals surface area contributed by atoms with Gasteiger partial charge in [0.15, 0.2) is 5.84 Å². The molecule has 0 bridgehead atoms. The summed E-state index contributed by atoms with van der Waals surface area (Å²) in [5.41, 5.74) is 12.3. The van der Waals surface area contributed by atoms with Gasteiger partial charge in [0.2, 0.25) is 0 Å². The van der Waals surface area contributed by atoms with Crippen LogP contribution in [0.1, 0.15) is 41.3 Å². The number of furan rings is 1. The van der Waals surface area contributed by atoms with Crippen molar-refractivity contribution in [2.45, 2.75) is 19.0 Å². The van der Waals surface area contributed by atoms with Crippen LogP contribution in [0.25, 0.3) is 60.5 Å². The van der Waals surface area contributed by atoms with Crippen LogP contribution in [0.4, 0.5) is 0 Å². The van der Waals surface area contributed by atoms with Crippen molar-refractivity contribution >= 4 is 50.0 Å². The Balaban J connectivity index is 1.06. The molecule has 0 amide bonds. The van der Waals surface area contributed by atoms with E-state index in [1.54, 1.807) is 0 Å². The number of hydrogen-bond donors (Lipinski definition) is 0. The topological polar surface area (TPSA) is 41.1 Å². The van der Waals surface area contributed by atoms with Gasteiger partial charge >= 0.3 is 0 Å². The fraction of sp³-hybridized carbons (Fsp3) is 0.0800. The molecule has 8 aromatic rings. The van der Waals surface area contributed by atoms with Gasteiger partial charge in [0.1, 0.15) is 23.2 Å². The molecule has 1 aromatic heterocycles. The van der Waals surface area contributed by atoms with E-state index in [2.05, 4.69) is 176 Å². The highest BCUT2D eigenvalue weighted by molar-refractivity contribution is 6.19. The summed E-state index contributed by atoms with van der Waals surface area (Å²) in [4.78, 5) is 12.5. The summed E-state index contributed by atoms with van der Waals surface area (Å²) >= 11 is 0. The van der Waals surface area contributed by atoms with E-state index >= 15 is 0 Å². The predicted molar refractivity (Wildman–Crippen MR) is 225 cm³/mol. The lowest BCUT2D eigenvalue weighted by molar-refractivity contribution is 0.383. The van der Waals surface area contributed by atoms with E-state index in [9.17, 15) is 0 Å². The van der Waals surface area contributed by atoms with E-state index in [1.807, 2.05) is 12.1 Å². The van der Waals surface area contributed by atoms with Gasteiger partial charge in [0, 0.05) is 34.3 Å². The Labute approximate surface area is 314 Å². The van der Waals surface area contributed by atoms with Crippen LogP contribution in [0.2, 0.25) is 0 Å². The largest absolute Gasteiger partial charge is 0.455 e. The Kier molecular flexibility index (Phi) is 7.88. The highest BCUT2D eigenvalue weighted by Gasteiger charge is 2.26. The van der Waals surface area contributed by atoms with E-state index in [1.165, 1.54) is 22.3 Å². The van der Waals surface area contributed by atoms with Crippen LogP contribution >= 0.6 is 0 Å². The van der Waals surface area contributed by atoms with Crippen LogP contribution in [0.15, 0.2) is 190 Å². The molecular weight excluding hydrogens is 659 g/mol. The first-order chi connectivity index (χ1) is 26.7. The maximum atomic E-state index is 6.74. The number of aliphatic imine (C=N–C) groups is 2. The summed E-state index contributed by atoms with van der Waals surface area (Å²) in [6, 6.07) is 55.8. The number of benzene rings is 7. The van der Waals surface area contributed by atoms with Crippen LogP contribution in [0, 0.1) is 0 Å². The normalized spacial score (nSPS) is 15.8. The molecule has 0 saturated carbocycles. The van der Waals surface area contributed by atoms with Crippen molar-refractivity contribution in [2.24, 2.45) is 9.98 Å². The van der Waals surface area contributed by atoms with Crippen LogP contribution < -0.4 is 0 Å². The molecule has 0 spiro atoms. The summed E-state index contributed by atoms with van der Waals surface area (Å²) in [5.74, 6) is 1.62. The lowest BCUT2D eigenvalue weighted by Crippen LogP contribution is -2.35. The first kappa shape index (κ1) is 31.9. The van der Waals surface area contributed by atoms with Gasteiger partial charge < -0.3 is 9.32 Å². The molecule has 2 aliphatic rings. The smallest absolute Gasteiger partial charge is 0.159 e. The summed E-state index contributed by atoms with van der Waals surface area (Å²) in [7, 11) is 2.07. The molecule has 0 N–H and O–H groups in total. The Morgan fingerprint density at radius 1 is 0.574 bits per heavy atom. The Morgan fingerprint density at radius 2 is 1.26 bits per heavy atom. The average Bonchev–Trinajstić information content (AvgIpc) is 3.63. The Bertz CT molecular complexity index is 2820. The number of hydrogen-bond acceptors (Lipinski definition) is 4. The number of amidine groups is 2. The third-order valence-electron chi connectivity index (χ3n) is 10.8. The van der Waals surface area contributed by atoms with E-state index in [4.69, 9.17) is 14.4 Å². The van der Waals surface area contributed by atoms with Gasteiger partial charge in [0.25, 0.3) is 0 Å². The van der Waals surface area contributed by atoms with Crippen molar-refractivity contribution in [3.8, 4) is 22.3 Å². The zero-order valence-electron chi connectivity index (χ0n) is 30.0. The van der Waals surface area contributed by atoms with E-state index < -0.39 is 0 Å². The van der Waals surface area contributed by atoms with Crippen molar-refractivity contribution in [3.63, 3.8) is 0 Å². The van der Waals surface area contributed by atoms with Crippen molar-refractivity contribution in [1.82, 2.24) is 4.90 Å². The van der Waals surface area contributed by atoms with E-state index in [-0.39, 0.29) is 6.17 Å². The monoisotopic (exact) mass is 695 g/mol. The van der Waals surface area contributed by atoms with Gasteiger partial charge in [-0.25, -0.2) is 9.98 Å². The number of rotatable bonds is 6. The fourth-order valence-corrected chi connectivity index (χ4v) is 8.09. The Hall–Kier alpha value is -6.78. The Morgan fingerprint density at radius 3 is 2.04 bits per heavy atom. The highest BCUT2D eigenvalue weighted by atomic mass is 16.3. The third kappa shape index (κ3) is 5.55. The first-order valence-electron chi connectivity index (χ1n) is 18.6. The molecule has 1 atom stereocenters. The molecule has 1 aliphatic heterocycles. The molecule has 4 nitrogen and oxygen atoms in total. The SMILES string of the molecule is CN1C(c2ccccc2)=NC(c2ccc(-c3cc4c5ccc(-c6ccccc6C6=CC=CCC6)cc5oc4c4ccccc34)cc2)=NC1c1ccccc1. The van der Waals surface area contributed by atoms with Gasteiger partial charge in [-0.3, -0.25) is 0 Å². The van der Waals surface area contributed by atoms with Gasteiger partial charge in [-0.15, -0.1) is 0 Å². The van der Waals surface area contributed by atoms with Crippen molar-refractivity contribution in [1.29, 1.82) is 0 Å². The van der Waals surface area contributed by atoms with Gasteiger partial charge in [-0.1, -0.05) is 158 Å². The standard InChI is InChI=1S/C50H37N3O/c1-53-49(36-17-7-3-8-18-36)51-48(52-50(53)37-19-9-4-10-20-37)35-27-25-34(26-28-35)44-32-45-42-30-29-38(31-46(42)54-47(45)43-24-14-13-23-41(43)44)40-22-12-11-21-39(40)33-15-5-2-6-16-33/h2-5,7-15,17-32,49H,6,16H2,1H3. The van der Waals surface area contributed by atoms with Gasteiger partial charge in [-0.05, 0) is 75.4 Å². The highest BCUT2D eigenvalue weighted by Crippen LogP contribution is 2.42. The first-order valence-corrected chi connectivity index (χ1v) is 18.6.